The van der Waals surface area contributed by atoms with E-state index >= 15 is 0 Å². The monoisotopic (exact) mass is 399 g/mol. The molecule has 1 aliphatic carbocycles. The van der Waals surface area contributed by atoms with Gasteiger partial charge in [0.25, 0.3) is 0 Å². The Morgan fingerprint density at radius 3 is 2.70 bits per heavy atom. The molecule has 2 atom stereocenters. The highest BCUT2D eigenvalue weighted by molar-refractivity contribution is 5.91. The summed E-state index contributed by atoms with van der Waals surface area (Å²) in [6.45, 7) is 4.14. The number of rotatable bonds is 2. The number of hydrogen-bond donors (Lipinski definition) is 1. The van der Waals surface area contributed by atoms with Crippen LogP contribution in [0.4, 0.5) is 5.82 Å². The predicted molar refractivity (Wildman–Crippen MR) is 123 cm³/mol. The summed E-state index contributed by atoms with van der Waals surface area (Å²) < 4.78 is 0. The average Bonchev–Trinajstić information content (AvgIpc) is 2.97. The van der Waals surface area contributed by atoms with Gasteiger partial charge < -0.3 is 10.0 Å². The van der Waals surface area contributed by atoms with E-state index in [0.29, 0.717) is 17.3 Å². The molecule has 1 aliphatic heterocycles. The molecule has 1 N–H and O–H groups in total. The molecule has 2 unspecified atom stereocenters. The molecule has 0 radical (unpaired) electrons. The Morgan fingerprint density at radius 2 is 1.83 bits per heavy atom. The van der Waals surface area contributed by atoms with Crippen molar-refractivity contribution in [1.82, 2.24) is 9.97 Å². The van der Waals surface area contributed by atoms with E-state index in [9.17, 15) is 5.11 Å². The van der Waals surface area contributed by atoms with Crippen LogP contribution in [0.3, 0.4) is 0 Å². The Morgan fingerprint density at radius 1 is 1.00 bits per heavy atom. The number of fused-ring (bicyclic) bond motifs is 3. The van der Waals surface area contributed by atoms with Gasteiger partial charge in [-0.2, -0.15) is 0 Å². The SMILES string of the molecule is Cc1ccc2c(N3CCCC4CC=CCC(C4)C3)nc(-c3ccccc3O)nc2c1. The molecular formula is C26H29N3O. The van der Waals surface area contributed by atoms with Gasteiger partial charge in [0, 0.05) is 18.5 Å². The van der Waals surface area contributed by atoms with Crippen LogP contribution in [0.2, 0.25) is 0 Å². The summed E-state index contributed by atoms with van der Waals surface area (Å²) in [6, 6.07) is 13.8. The van der Waals surface area contributed by atoms with Gasteiger partial charge in [-0.3, -0.25) is 0 Å². The highest BCUT2D eigenvalue weighted by Gasteiger charge is 2.25. The highest BCUT2D eigenvalue weighted by Crippen LogP contribution is 2.35. The van der Waals surface area contributed by atoms with E-state index in [0.717, 1.165) is 42.1 Å². The maximum absolute atomic E-state index is 10.4. The summed E-state index contributed by atoms with van der Waals surface area (Å²) in [4.78, 5) is 12.3. The smallest absolute Gasteiger partial charge is 0.165 e. The van der Waals surface area contributed by atoms with E-state index < -0.39 is 0 Å². The Hall–Kier alpha value is -2.88. The average molecular weight is 400 g/mol. The van der Waals surface area contributed by atoms with Crippen LogP contribution in [0.15, 0.2) is 54.6 Å². The van der Waals surface area contributed by atoms with Crippen LogP contribution in [-0.4, -0.2) is 28.2 Å². The fourth-order valence-electron chi connectivity index (χ4n) is 5.04. The van der Waals surface area contributed by atoms with E-state index in [1.807, 2.05) is 18.2 Å². The van der Waals surface area contributed by atoms with E-state index in [-0.39, 0.29) is 5.75 Å². The Balaban J connectivity index is 1.61. The molecule has 3 aromatic rings. The second-order valence-corrected chi connectivity index (χ2v) is 8.91. The highest BCUT2D eigenvalue weighted by atomic mass is 16.3. The van der Waals surface area contributed by atoms with Crippen molar-refractivity contribution in [3.63, 3.8) is 0 Å². The number of nitrogens with zero attached hydrogens (tertiary/aromatic N) is 3. The molecule has 2 aromatic carbocycles. The van der Waals surface area contributed by atoms with Crippen LogP contribution in [-0.2, 0) is 0 Å². The zero-order valence-electron chi connectivity index (χ0n) is 17.6. The first-order valence-electron chi connectivity index (χ1n) is 11.1. The van der Waals surface area contributed by atoms with Gasteiger partial charge >= 0.3 is 0 Å². The summed E-state index contributed by atoms with van der Waals surface area (Å²) in [5.74, 6) is 3.32. The molecule has 1 aromatic heterocycles. The lowest BCUT2D eigenvalue weighted by Gasteiger charge is -2.33. The third-order valence-electron chi connectivity index (χ3n) is 6.57. The molecule has 2 heterocycles. The first-order chi connectivity index (χ1) is 14.7. The van der Waals surface area contributed by atoms with Gasteiger partial charge in [0.1, 0.15) is 11.6 Å². The first-order valence-corrected chi connectivity index (χ1v) is 11.1. The number of benzene rings is 2. The standard InChI is InChI=1S/C26H29N3O/c1-18-12-13-21-23(15-18)27-25(22-10-4-5-11-24(22)30)28-26(21)29-14-6-9-19-7-2-3-8-20(16-19)17-29/h2-5,10-13,15,19-20,30H,6-9,14,16-17H2,1H3. The number of aromatic hydroxyl groups is 1. The topological polar surface area (TPSA) is 49.2 Å². The van der Waals surface area contributed by atoms with Gasteiger partial charge in [0.15, 0.2) is 5.82 Å². The zero-order chi connectivity index (χ0) is 20.5. The van der Waals surface area contributed by atoms with Crippen molar-refractivity contribution < 1.29 is 5.11 Å². The molecule has 4 nitrogen and oxygen atoms in total. The Bertz CT molecular complexity index is 1090. The van der Waals surface area contributed by atoms with Crippen LogP contribution < -0.4 is 4.90 Å². The molecule has 1 saturated heterocycles. The Labute approximate surface area is 178 Å². The van der Waals surface area contributed by atoms with Crippen LogP contribution >= 0.6 is 0 Å². The summed E-state index contributed by atoms with van der Waals surface area (Å²) in [5, 5.41) is 11.5. The molecule has 0 amide bonds. The second-order valence-electron chi connectivity index (χ2n) is 8.91. The molecule has 154 valence electrons. The third-order valence-corrected chi connectivity index (χ3v) is 6.57. The molecule has 2 aliphatic rings. The second kappa shape index (κ2) is 8.10. The number of anilines is 1. The summed E-state index contributed by atoms with van der Waals surface area (Å²) in [6.07, 6.45) is 10.9. The third kappa shape index (κ3) is 3.79. The van der Waals surface area contributed by atoms with Gasteiger partial charge in [-0.25, -0.2) is 9.97 Å². The lowest BCUT2D eigenvalue weighted by molar-refractivity contribution is 0.336. The Kier molecular flexibility index (Phi) is 5.16. The maximum Gasteiger partial charge on any atom is 0.165 e. The summed E-state index contributed by atoms with van der Waals surface area (Å²) in [5.41, 5.74) is 2.81. The van der Waals surface area contributed by atoms with Gasteiger partial charge in [0.2, 0.25) is 0 Å². The number of allylic oxidation sites excluding steroid dienone is 2. The van der Waals surface area contributed by atoms with Gasteiger partial charge in [-0.15, -0.1) is 0 Å². The minimum absolute atomic E-state index is 0.222. The fourth-order valence-corrected chi connectivity index (χ4v) is 5.04. The minimum Gasteiger partial charge on any atom is -0.507 e. The normalized spacial score (nSPS) is 21.8. The van der Waals surface area contributed by atoms with Crippen LogP contribution in [0.1, 0.15) is 37.7 Å². The number of phenolic OH excluding ortho intramolecular Hbond substituents is 1. The van der Waals surface area contributed by atoms with Crippen molar-refractivity contribution in [3.8, 4) is 17.1 Å². The van der Waals surface area contributed by atoms with Crippen LogP contribution in [0.25, 0.3) is 22.3 Å². The zero-order valence-corrected chi connectivity index (χ0v) is 17.6. The van der Waals surface area contributed by atoms with Gasteiger partial charge in [-0.1, -0.05) is 30.4 Å². The number of phenols is 1. The van der Waals surface area contributed by atoms with Crippen molar-refractivity contribution in [2.75, 3.05) is 18.0 Å². The summed E-state index contributed by atoms with van der Waals surface area (Å²) in [7, 11) is 0. The van der Waals surface area contributed by atoms with Crippen molar-refractivity contribution in [3.05, 3.63) is 60.2 Å². The molecule has 1 fully saturated rings. The molecule has 5 rings (SSSR count). The van der Waals surface area contributed by atoms with Crippen molar-refractivity contribution in [1.29, 1.82) is 0 Å². The van der Waals surface area contributed by atoms with Crippen molar-refractivity contribution in [2.45, 2.75) is 39.0 Å². The minimum atomic E-state index is 0.222. The maximum atomic E-state index is 10.4. The first kappa shape index (κ1) is 19.1. The predicted octanol–water partition coefficient (Wildman–Crippen LogP) is 5.88. The molecular weight excluding hydrogens is 370 g/mol. The number of para-hydroxylation sites is 1. The van der Waals surface area contributed by atoms with Crippen LogP contribution in [0, 0.1) is 18.8 Å². The molecule has 2 bridgehead atoms. The van der Waals surface area contributed by atoms with Crippen molar-refractivity contribution >= 4 is 16.7 Å². The number of hydrogen-bond acceptors (Lipinski definition) is 4. The largest absolute Gasteiger partial charge is 0.507 e. The summed E-state index contributed by atoms with van der Waals surface area (Å²) >= 11 is 0. The van der Waals surface area contributed by atoms with E-state index in [2.05, 4.69) is 42.2 Å². The molecule has 0 saturated carbocycles. The molecule has 0 spiro atoms. The number of aryl methyl sites for hydroxylation is 1. The fraction of sp³-hybridized carbons (Fsp3) is 0.385. The van der Waals surface area contributed by atoms with E-state index in [1.165, 1.54) is 31.2 Å². The lowest BCUT2D eigenvalue weighted by atomic mass is 9.87. The quantitative estimate of drug-likeness (QED) is 0.546. The van der Waals surface area contributed by atoms with Crippen molar-refractivity contribution in [2.24, 2.45) is 11.8 Å². The van der Waals surface area contributed by atoms with Gasteiger partial charge in [-0.05, 0) is 80.7 Å². The van der Waals surface area contributed by atoms with E-state index in [1.54, 1.807) is 6.07 Å². The van der Waals surface area contributed by atoms with E-state index in [4.69, 9.17) is 9.97 Å². The molecule has 4 heteroatoms. The molecule has 30 heavy (non-hydrogen) atoms. The number of aromatic nitrogens is 2. The van der Waals surface area contributed by atoms with Gasteiger partial charge in [0.05, 0.1) is 11.1 Å². The van der Waals surface area contributed by atoms with Crippen LogP contribution in [0.5, 0.6) is 5.75 Å². The lowest BCUT2D eigenvalue weighted by Crippen LogP contribution is -2.34.